The highest BCUT2D eigenvalue weighted by atomic mass is 16.5. The molecule has 0 aromatic rings. The van der Waals surface area contributed by atoms with Crippen LogP contribution in [0.3, 0.4) is 0 Å². The first-order valence-electron chi connectivity index (χ1n) is 6.79. The lowest BCUT2D eigenvalue weighted by Crippen LogP contribution is -2.29. The minimum absolute atomic E-state index is 0.00671. The van der Waals surface area contributed by atoms with Crippen LogP contribution in [0.4, 0.5) is 0 Å². The summed E-state index contributed by atoms with van der Waals surface area (Å²) in [4.78, 5) is 15.7. The lowest BCUT2D eigenvalue weighted by molar-refractivity contribution is -0.121. The maximum absolute atomic E-state index is 11.4. The van der Waals surface area contributed by atoms with E-state index in [9.17, 15) is 4.79 Å². The average Bonchev–Trinajstić information content (AvgIpc) is 2.40. The molecule has 1 aliphatic rings. The van der Waals surface area contributed by atoms with Crippen LogP contribution < -0.4 is 11.1 Å². The molecule has 1 fully saturated rings. The highest BCUT2D eigenvalue weighted by Crippen LogP contribution is 2.23. The standard InChI is InChI=1S/C13H25N3O2/c1-18-10-9-15-12(17)7-8-16-13(14)11-5-3-2-4-6-11/h11H,2-10H2,1H3,(H2,14,16)(H,15,17). The topological polar surface area (TPSA) is 76.7 Å². The zero-order valence-corrected chi connectivity index (χ0v) is 11.3. The van der Waals surface area contributed by atoms with E-state index >= 15 is 0 Å². The van der Waals surface area contributed by atoms with Gasteiger partial charge in [-0.05, 0) is 12.8 Å². The van der Waals surface area contributed by atoms with E-state index in [0.29, 0.717) is 32.0 Å². The number of ether oxygens (including phenoxy) is 1. The molecule has 104 valence electrons. The fourth-order valence-electron chi connectivity index (χ4n) is 2.19. The van der Waals surface area contributed by atoms with Gasteiger partial charge in [-0.3, -0.25) is 9.79 Å². The fraction of sp³-hybridized carbons (Fsp3) is 0.846. The Morgan fingerprint density at radius 2 is 2.11 bits per heavy atom. The number of methoxy groups -OCH3 is 1. The zero-order chi connectivity index (χ0) is 13.2. The molecule has 0 heterocycles. The van der Waals surface area contributed by atoms with Crippen LogP contribution in [-0.4, -0.2) is 38.5 Å². The van der Waals surface area contributed by atoms with E-state index in [4.69, 9.17) is 10.5 Å². The van der Waals surface area contributed by atoms with Crippen LogP contribution in [0.15, 0.2) is 4.99 Å². The number of carbonyl (C=O) groups excluding carboxylic acids is 1. The van der Waals surface area contributed by atoms with Gasteiger partial charge in [-0.2, -0.15) is 0 Å². The molecule has 0 bridgehead atoms. The van der Waals surface area contributed by atoms with Crippen LogP contribution >= 0.6 is 0 Å². The van der Waals surface area contributed by atoms with E-state index in [1.54, 1.807) is 7.11 Å². The number of nitrogens with zero attached hydrogens (tertiary/aromatic N) is 1. The zero-order valence-electron chi connectivity index (χ0n) is 11.3. The lowest BCUT2D eigenvalue weighted by Gasteiger charge is -2.20. The monoisotopic (exact) mass is 255 g/mol. The maximum Gasteiger partial charge on any atom is 0.221 e. The third-order valence-corrected chi connectivity index (χ3v) is 3.29. The van der Waals surface area contributed by atoms with Crippen molar-refractivity contribution in [1.82, 2.24) is 5.32 Å². The van der Waals surface area contributed by atoms with Crippen molar-refractivity contribution in [2.75, 3.05) is 26.8 Å². The normalized spacial score (nSPS) is 17.7. The third kappa shape index (κ3) is 6.00. The highest BCUT2D eigenvalue weighted by Gasteiger charge is 2.16. The second-order valence-electron chi connectivity index (χ2n) is 4.73. The molecule has 0 aromatic heterocycles. The molecular formula is C13H25N3O2. The minimum atomic E-state index is 0.00671. The number of rotatable bonds is 7. The van der Waals surface area contributed by atoms with Gasteiger partial charge in [0.05, 0.1) is 12.4 Å². The SMILES string of the molecule is COCCNC(=O)CCN=C(N)C1CCCCC1. The van der Waals surface area contributed by atoms with E-state index in [2.05, 4.69) is 10.3 Å². The first kappa shape index (κ1) is 15.0. The average molecular weight is 255 g/mol. The van der Waals surface area contributed by atoms with Gasteiger partial charge in [0.15, 0.2) is 0 Å². The smallest absolute Gasteiger partial charge is 0.221 e. The summed E-state index contributed by atoms with van der Waals surface area (Å²) in [5, 5.41) is 2.76. The number of amides is 1. The molecule has 1 aliphatic carbocycles. The number of amidine groups is 1. The van der Waals surface area contributed by atoms with Gasteiger partial charge >= 0.3 is 0 Å². The molecule has 0 radical (unpaired) electrons. The van der Waals surface area contributed by atoms with Crippen molar-refractivity contribution in [1.29, 1.82) is 0 Å². The summed E-state index contributed by atoms with van der Waals surface area (Å²) in [5.41, 5.74) is 5.95. The second-order valence-corrected chi connectivity index (χ2v) is 4.73. The molecule has 18 heavy (non-hydrogen) atoms. The molecule has 1 saturated carbocycles. The van der Waals surface area contributed by atoms with Crippen molar-refractivity contribution < 1.29 is 9.53 Å². The number of nitrogens with two attached hydrogens (primary N) is 1. The highest BCUT2D eigenvalue weighted by molar-refractivity contribution is 5.83. The summed E-state index contributed by atoms with van der Waals surface area (Å²) in [5.74, 6) is 1.18. The molecule has 0 aromatic carbocycles. The molecule has 1 rings (SSSR count). The van der Waals surface area contributed by atoms with Gasteiger partial charge in [-0.1, -0.05) is 19.3 Å². The summed E-state index contributed by atoms with van der Waals surface area (Å²) in [6.07, 6.45) is 6.50. The van der Waals surface area contributed by atoms with Crippen molar-refractivity contribution in [3.8, 4) is 0 Å². The molecule has 0 atom stereocenters. The van der Waals surface area contributed by atoms with Gasteiger partial charge < -0.3 is 15.8 Å². The predicted molar refractivity (Wildman–Crippen MR) is 72.6 cm³/mol. The van der Waals surface area contributed by atoms with Crippen LogP contribution in [0.25, 0.3) is 0 Å². The van der Waals surface area contributed by atoms with Gasteiger partial charge in [0, 0.05) is 32.5 Å². The Kier molecular flexibility index (Phi) is 7.41. The largest absolute Gasteiger partial charge is 0.387 e. The van der Waals surface area contributed by atoms with Crippen molar-refractivity contribution in [3.63, 3.8) is 0 Å². The Hall–Kier alpha value is -1.10. The summed E-state index contributed by atoms with van der Waals surface area (Å²) in [6.45, 7) is 1.58. The van der Waals surface area contributed by atoms with Crippen molar-refractivity contribution >= 4 is 11.7 Å². The predicted octanol–water partition coefficient (Wildman–Crippen LogP) is 1.08. The molecule has 1 amide bonds. The van der Waals surface area contributed by atoms with Crippen LogP contribution in [-0.2, 0) is 9.53 Å². The summed E-state index contributed by atoms with van der Waals surface area (Å²) < 4.78 is 4.85. The fourth-order valence-corrected chi connectivity index (χ4v) is 2.19. The molecule has 0 unspecified atom stereocenters. The van der Waals surface area contributed by atoms with Gasteiger partial charge in [-0.25, -0.2) is 0 Å². The van der Waals surface area contributed by atoms with Crippen molar-refractivity contribution in [3.05, 3.63) is 0 Å². The Bertz CT molecular complexity index is 273. The van der Waals surface area contributed by atoms with Crippen molar-refractivity contribution in [2.24, 2.45) is 16.6 Å². The number of aliphatic imine (C=N–C) groups is 1. The first-order chi connectivity index (χ1) is 8.74. The third-order valence-electron chi connectivity index (χ3n) is 3.29. The quantitative estimate of drug-likeness (QED) is 0.406. The molecule has 0 aliphatic heterocycles. The minimum Gasteiger partial charge on any atom is -0.387 e. The molecule has 3 N–H and O–H groups in total. The van der Waals surface area contributed by atoms with E-state index < -0.39 is 0 Å². The molecule has 0 spiro atoms. The Labute approximate surface area is 109 Å². The van der Waals surface area contributed by atoms with E-state index in [1.165, 1.54) is 19.3 Å². The van der Waals surface area contributed by atoms with Gasteiger partial charge in [0.25, 0.3) is 0 Å². The molecular weight excluding hydrogens is 230 g/mol. The van der Waals surface area contributed by atoms with E-state index in [0.717, 1.165) is 18.7 Å². The molecule has 5 nitrogen and oxygen atoms in total. The maximum atomic E-state index is 11.4. The first-order valence-corrected chi connectivity index (χ1v) is 6.79. The van der Waals surface area contributed by atoms with Gasteiger partial charge in [0.1, 0.15) is 0 Å². The lowest BCUT2D eigenvalue weighted by atomic mass is 9.88. The summed E-state index contributed by atoms with van der Waals surface area (Å²) in [7, 11) is 1.61. The van der Waals surface area contributed by atoms with Crippen molar-refractivity contribution in [2.45, 2.75) is 38.5 Å². The van der Waals surface area contributed by atoms with E-state index in [1.807, 2.05) is 0 Å². The molecule has 5 heteroatoms. The summed E-state index contributed by atoms with van der Waals surface area (Å²) >= 11 is 0. The Balaban J connectivity index is 2.16. The van der Waals surface area contributed by atoms with Crippen LogP contribution in [0, 0.1) is 5.92 Å². The van der Waals surface area contributed by atoms with Gasteiger partial charge in [-0.15, -0.1) is 0 Å². The van der Waals surface area contributed by atoms with Gasteiger partial charge in [0.2, 0.25) is 5.91 Å². The van der Waals surface area contributed by atoms with Crippen LogP contribution in [0.2, 0.25) is 0 Å². The van der Waals surface area contributed by atoms with Crippen LogP contribution in [0.1, 0.15) is 38.5 Å². The van der Waals surface area contributed by atoms with Crippen LogP contribution in [0.5, 0.6) is 0 Å². The molecule has 0 saturated heterocycles. The van der Waals surface area contributed by atoms with E-state index in [-0.39, 0.29) is 5.91 Å². The number of hydrogen-bond acceptors (Lipinski definition) is 3. The number of nitrogens with one attached hydrogen (secondary N) is 1. The Morgan fingerprint density at radius 1 is 1.39 bits per heavy atom. The second kappa shape index (κ2) is 8.91. The number of carbonyl (C=O) groups is 1. The Morgan fingerprint density at radius 3 is 2.78 bits per heavy atom. The summed E-state index contributed by atoms with van der Waals surface area (Å²) in [6, 6.07) is 0. The number of hydrogen-bond donors (Lipinski definition) is 2.